The van der Waals surface area contributed by atoms with Crippen LogP contribution in [0.4, 0.5) is 0 Å². The molecule has 0 aromatic heterocycles. The Morgan fingerprint density at radius 2 is 0.952 bits per heavy atom. The van der Waals surface area contributed by atoms with Crippen LogP contribution in [0.1, 0.15) is 116 Å². The molecule has 10 atom stereocenters. The van der Waals surface area contributed by atoms with E-state index in [1.807, 2.05) is 60.7 Å². The first-order valence-corrected chi connectivity index (χ1v) is 22.9. The summed E-state index contributed by atoms with van der Waals surface area (Å²) in [5.74, 6) is -2.63. The Morgan fingerprint density at radius 3 is 1.29 bits per heavy atom. The normalized spacial score (nSPS) is 24.8. The third kappa shape index (κ3) is 12.6. The van der Waals surface area contributed by atoms with Gasteiger partial charge < -0.3 is 29.5 Å². The Hall–Kier alpha value is -4.82. The SMILES string of the molecule is CCOC(=O)[C@H](CCc1ccccc1)N[C@@H](C)C(=O)N1[C@H](C(=O)O)C[C@H]2CCCC[C@@H]21.CCOC(=O)[C@H](CCc1ccccc1)N[C@@H](C)C(=O)N1[C@H](C(=O)O)C[C@H]2CCCC[C@@H]21. The number of carboxylic acid groups (broad SMARTS) is 2. The first kappa shape index (κ1) is 48.2. The molecule has 340 valence electrons. The number of benzene rings is 2. The van der Waals surface area contributed by atoms with Crippen molar-refractivity contribution < 1.29 is 48.5 Å². The van der Waals surface area contributed by atoms with Crippen molar-refractivity contribution in [1.29, 1.82) is 0 Å². The van der Waals surface area contributed by atoms with Gasteiger partial charge in [0.1, 0.15) is 24.2 Å². The van der Waals surface area contributed by atoms with Crippen molar-refractivity contribution in [3.63, 3.8) is 0 Å². The summed E-state index contributed by atoms with van der Waals surface area (Å²) < 4.78 is 10.4. The lowest BCUT2D eigenvalue weighted by Gasteiger charge is -2.35. The van der Waals surface area contributed by atoms with Crippen molar-refractivity contribution in [3.05, 3.63) is 71.8 Å². The van der Waals surface area contributed by atoms with Crippen LogP contribution in [0.2, 0.25) is 0 Å². The number of amides is 2. The lowest BCUT2D eigenvalue weighted by molar-refractivity contribution is -0.152. The molecule has 2 aromatic carbocycles. The molecule has 6 rings (SSSR count). The number of rotatable bonds is 18. The lowest BCUT2D eigenvalue weighted by Crippen LogP contribution is -2.55. The van der Waals surface area contributed by atoms with E-state index in [0.29, 0.717) is 38.5 Å². The highest BCUT2D eigenvalue weighted by Gasteiger charge is 2.50. The smallest absolute Gasteiger partial charge is 0.326 e. The number of hydrogen-bond donors (Lipinski definition) is 4. The number of carbonyl (C=O) groups excluding carboxylic acids is 4. The van der Waals surface area contributed by atoms with Crippen LogP contribution in [-0.2, 0) is 51.1 Å². The molecule has 2 saturated heterocycles. The van der Waals surface area contributed by atoms with E-state index in [1.54, 1.807) is 37.5 Å². The van der Waals surface area contributed by atoms with Gasteiger partial charge in [0, 0.05) is 12.1 Å². The Balaban J connectivity index is 0.000000234. The van der Waals surface area contributed by atoms with Crippen LogP contribution in [0.25, 0.3) is 0 Å². The summed E-state index contributed by atoms with van der Waals surface area (Å²) in [6.45, 7) is 7.47. The van der Waals surface area contributed by atoms with Crippen LogP contribution in [-0.4, -0.2) is 117 Å². The Morgan fingerprint density at radius 1 is 0.597 bits per heavy atom. The monoisotopic (exact) mass is 860 g/mol. The van der Waals surface area contributed by atoms with Crippen LogP contribution in [0.3, 0.4) is 0 Å². The molecule has 4 aliphatic rings. The van der Waals surface area contributed by atoms with Crippen LogP contribution < -0.4 is 10.6 Å². The highest BCUT2D eigenvalue weighted by Crippen LogP contribution is 2.41. The van der Waals surface area contributed by atoms with E-state index < -0.39 is 48.2 Å². The molecule has 2 amide bonds. The number of carbonyl (C=O) groups is 6. The number of fused-ring (bicyclic) bond motifs is 2. The molecule has 0 radical (unpaired) electrons. The van der Waals surface area contributed by atoms with Gasteiger partial charge in [0.15, 0.2) is 0 Å². The van der Waals surface area contributed by atoms with Gasteiger partial charge in [-0.2, -0.15) is 0 Å². The lowest BCUT2D eigenvalue weighted by atomic mass is 9.84. The van der Waals surface area contributed by atoms with E-state index in [-0.39, 0.29) is 60.9 Å². The van der Waals surface area contributed by atoms with Gasteiger partial charge in [-0.15, -0.1) is 0 Å². The minimum atomic E-state index is -0.944. The Labute approximate surface area is 366 Å². The molecule has 2 aromatic rings. The minimum Gasteiger partial charge on any atom is -0.480 e. The van der Waals surface area contributed by atoms with E-state index in [2.05, 4.69) is 10.6 Å². The molecular formula is C48H68N4O10. The number of nitrogens with one attached hydrogen (secondary N) is 2. The third-order valence-electron chi connectivity index (χ3n) is 13.2. The maximum absolute atomic E-state index is 13.4. The maximum atomic E-state index is 13.4. The molecule has 2 aliphatic carbocycles. The third-order valence-corrected chi connectivity index (χ3v) is 13.2. The van der Waals surface area contributed by atoms with Gasteiger partial charge >= 0.3 is 23.9 Å². The summed E-state index contributed by atoms with van der Waals surface area (Å²) in [7, 11) is 0. The highest BCUT2D eigenvalue weighted by atomic mass is 16.5. The zero-order valence-electron chi connectivity index (χ0n) is 36.9. The predicted octanol–water partition coefficient (Wildman–Crippen LogP) is 5.55. The van der Waals surface area contributed by atoms with Crippen molar-refractivity contribution in [3.8, 4) is 0 Å². The van der Waals surface area contributed by atoms with Crippen molar-refractivity contribution in [2.45, 2.75) is 166 Å². The zero-order chi connectivity index (χ0) is 44.8. The van der Waals surface area contributed by atoms with Gasteiger partial charge in [0.2, 0.25) is 11.8 Å². The van der Waals surface area contributed by atoms with Crippen molar-refractivity contribution >= 4 is 35.7 Å². The van der Waals surface area contributed by atoms with Gasteiger partial charge in [-0.25, -0.2) is 9.59 Å². The number of ether oxygens (including phenoxy) is 2. The largest absolute Gasteiger partial charge is 0.480 e. The van der Waals surface area contributed by atoms with Crippen molar-refractivity contribution in [2.75, 3.05) is 13.2 Å². The van der Waals surface area contributed by atoms with Crippen LogP contribution in [0, 0.1) is 11.8 Å². The van der Waals surface area contributed by atoms with Crippen LogP contribution >= 0.6 is 0 Å². The summed E-state index contributed by atoms with van der Waals surface area (Å²) in [4.78, 5) is 78.7. The van der Waals surface area contributed by atoms with Gasteiger partial charge in [0.25, 0.3) is 0 Å². The van der Waals surface area contributed by atoms with E-state index in [0.717, 1.165) is 62.5 Å². The fourth-order valence-electron chi connectivity index (χ4n) is 10.1. The van der Waals surface area contributed by atoms with E-state index in [1.165, 1.54) is 0 Å². The number of hydrogen-bond acceptors (Lipinski definition) is 10. The van der Waals surface area contributed by atoms with Gasteiger partial charge in [-0.1, -0.05) is 86.3 Å². The average Bonchev–Trinajstić information content (AvgIpc) is 3.87. The summed E-state index contributed by atoms with van der Waals surface area (Å²) in [5.41, 5.74) is 2.21. The number of aliphatic carboxylic acids is 2. The molecule has 0 spiro atoms. The van der Waals surface area contributed by atoms with Crippen LogP contribution in [0.15, 0.2) is 60.7 Å². The summed E-state index contributed by atoms with van der Waals surface area (Å²) in [6, 6.07) is 15.5. The molecule has 14 heteroatoms. The molecule has 62 heavy (non-hydrogen) atoms. The number of aryl methyl sites for hydroxylation is 2. The summed E-state index contributed by atoms with van der Waals surface area (Å²) in [6.07, 6.45) is 11.2. The van der Waals surface area contributed by atoms with Crippen LogP contribution in [0.5, 0.6) is 0 Å². The molecule has 2 aliphatic heterocycles. The minimum absolute atomic E-state index is 0.0167. The molecule has 0 unspecified atom stereocenters. The molecule has 2 saturated carbocycles. The Kier molecular flexibility index (Phi) is 18.3. The average molecular weight is 861 g/mol. The Bertz CT molecular complexity index is 1670. The number of carboxylic acids is 2. The number of nitrogens with zero attached hydrogens (tertiary/aromatic N) is 2. The first-order valence-electron chi connectivity index (χ1n) is 22.9. The standard InChI is InChI=1S/2C24H34N2O5/c2*1-3-31-24(30)19(14-13-17-9-5-4-6-10-17)25-16(2)22(27)26-20-12-8-7-11-18(20)15-21(26)23(28)29/h2*4-6,9-10,16,18-21,25H,3,7-8,11-15H2,1-2H3,(H,28,29)/t2*16-,18+,19-,20-,21-/m00/s1. The first-order chi connectivity index (χ1) is 29.8. The molecule has 4 N–H and O–H groups in total. The quantitative estimate of drug-likeness (QED) is 0.137. The number of likely N-dealkylation sites (tertiary alicyclic amines) is 2. The van der Waals surface area contributed by atoms with Crippen molar-refractivity contribution in [1.82, 2.24) is 20.4 Å². The van der Waals surface area contributed by atoms with E-state index >= 15 is 0 Å². The second-order valence-electron chi connectivity index (χ2n) is 17.3. The highest BCUT2D eigenvalue weighted by molar-refractivity contribution is 5.89. The predicted molar refractivity (Wildman–Crippen MR) is 233 cm³/mol. The fraction of sp³-hybridized carbons (Fsp3) is 0.625. The maximum Gasteiger partial charge on any atom is 0.326 e. The summed E-state index contributed by atoms with van der Waals surface area (Å²) in [5, 5.41) is 25.7. The number of esters is 2. The molecule has 14 nitrogen and oxygen atoms in total. The summed E-state index contributed by atoms with van der Waals surface area (Å²) >= 11 is 0. The van der Waals surface area contributed by atoms with Gasteiger partial charge in [0.05, 0.1) is 25.3 Å². The fourth-order valence-corrected chi connectivity index (χ4v) is 10.1. The second kappa shape index (κ2) is 23.6. The molecule has 2 heterocycles. The van der Waals surface area contributed by atoms with Gasteiger partial charge in [-0.3, -0.25) is 29.8 Å². The van der Waals surface area contributed by atoms with E-state index in [9.17, 15) is 39.0 Å². The molecular weight excluding hydrogens is 793 g/mol. The molecule has 0 bridgehead atoms. The molecule has 4 fully saturated rings. The van der Waals surface area contributed by atoms with Gasteiger partial charge in [-0.05, 0) is 115 Å². The topological polar surface area (TPSA) is 192 Å². The zero-order valence-corrected chi connectivity index (χ0v) is 36.9. The second-order valence-corrected chi connectivity index (χ2v) is 17.3. The van der Waals surface area contributed by atoms with Crippen molar-refractivity contribution in [2.24, 2.45) is 11.8 Å². The van der Waals surface area contributed by atoms with E-state index in [4.69, 9.17) is 9.47 Å².